The highest BCUT2D eigenvalue weighted by atomic mass is 35.5. The molecular formula is C16H15ClO3. The van der Waals surface area contributed by atoms with E-state index in [1.807, 2.05) is 18.2 Å². The summed E-state index contributed by atoms with van der Waals surface area (Å²) in [5, 5.41) is 19.4. The molecule has 1 unspecified atom stereocenters. The van der Waals surface area contributed by atoms with E-state index in [0.717, 1.165) is 11.1 Å². The summed E-state index contributed by atoms with van der Waals surface area (Å²) in [6.07, 6.45) is 0.780. The fourth-order valence-electron chi connectivity index (χ4n) is 2.16. The van der Waals surface area contributed by atoms with Gasteiger partial charge in [0.2, 0.25) is 0 Å². The van der Waals surface area contributed by atoms with Gasteiger partial charge in [0.05, 0.1) is 5.92 Å². The molecule has 2 aromatic rings. The van der Waals surface area contributed by atoms with Crippen LogP contribution in [0.25, 0.3) is 0 Å². The molecule has 0 aliphatic rings. The molecule has 0 saturated heterocycles. The second-order valence-electron chi connectivity index (χ2n) is 4.74. The van der Waals surface area contributed by atoms with Crippen LogP contribution in [0.4, 0.5) is 0 Å². The van der Waals surface area contributed by atoms with Crippen LogP contribution in [-0.2, 0) is 17.6 Å². The van der Waals surface area contributed by atoms with Gasteiger partial charge in [0, 0.05) is 5.02 Å². The largest absolute Gasteiger partial charge is 0.508 e. The number of hydrogen-bond acceptors (Lipinski definition) is 2. The molecule has 0 saturated carbocycles. The summed E-state index contributed by atoms with van der Waals surface area (Å²) in [6.45, 7) is 0. The predicted molar refractivity (Wildman–Crippen MR) is 78.1 cm³/mol. The van der Waals surface area contributed by atoms with Crippen molar-refractivity contribution < 1.29 is 15.0 Å². The molecule has 0 radical (unpaired) electrons. The Kier molecular flexibility index (Phi) is 4.64. The number of phenolic OH excluding ortho intramolecular Hbond substituents is 1. The van der Waals surface area contributed by atoms with Gasteiger partial charge in [0.1, 0.15) is 5.75 Å². The third kappa shape index (κ3) is 4.00. The summed E-state index contributed by atoms with van der Waals surface area (Å²) in [6, 6.07) is 13.9. The number of benzene rings is 2. The normalized spacial score (nSPS) is 12.1. The van der Waals surface area contributed by atoms with Gasteiger partial charge in [0.25, 0.3) is 0 Å². The van der Waals surface area contributed by atoms with Crippen LogP contribution in [0.2, 0.25) is 5.02 Å². The number of halogens is 1. The van der Waals surface area contributed by atoms with E-state index in [1.54, 1.807) is 30.3 Å². The number of aromatic hydroxyl groups is 1. The van der Waals surface area contributed by atoms with Gasteiger partial charge in [-0.15, -0.1) is 0 Å². The summed E-state index contributed by atoms with van der Waals surface area (Å²) < 4.78 is 0. The molecular weight excluding hydrogens is 276 g/mol. The van der Waals surface area contributed by atoms with Crippen molar-refractivity contribution in [3.63, 3.8) is 0 Å². The highest BCUT2D eigenvalue weighted by Crippen LogP contribution is 2.20. The second-order valence-corrected chi connectivity index (χ2v) is 5.18. The molecule has 0 bridgehead atoms. The molecule has 0 amide bonds. The zero-order valence-corrected chi connectivity index (χ0v) is 11.5. The van der Waals surface area contributed by atoms with Crippen molar-refractivity contribution in [2.75, 3.05) is 0 Å². The van der Waals surface area contributed by atoms with Crippen molar-refractivity contribution in [2.45, 2.75) is 12.8 Å². The van der Waals surface area contributed by atoms with Crippen LogP contribution in [0.15, 0.2) is 48.5 Å². The van der Waals surface area contributed by atoms with Crippen molar-refractivity contribution in [3.8, 4) is 5.75 Å². The maximum absolute atomic E-state index is 11.4. The van der Waals surface area contributed by atoms with E-state index >= 15 is 0 Å². The van der Waals surface area contributed by atoms with Crippen LogP contribution in [0.5, 0.6) is 5.75 Å². The molecule has 4 heteroatoms. The summed E-state index contributed by atoms with van der Waals surface area (Å²) in [5.41, 5.74) is 1.70. The smallest absolute Gasteiger partial charge is 0.307 e. The molecule has 104 valence electrons. The maximum atomic E-state index is 11.4. The van der Waals surface area contributed by atoms with Gasteiger partial charge in [-0.1, -0.05) is 35.9 Å². The first-order valence-electron chi connectivity index (χ1n) is 6.30. The Labute approximate surface area is 122 Å². The Morgan fingerprint density at radius 2 is 1.65 bits per heavy atom. The fourth-order valence-corrected chi connectivity index (χ4v) is 2.38. The third-order valence-electron chi connectivity index (χ3n) is 3.11. The molecule has 2 aromatic carbocycles. The molecule has 0 aliphatic carbocycles. The molecule has 0 aliphatic heterocycles. The molecule has 0 heterocycles. The summed E-state index contributed by atoms with van der Waals surface area (Å²) >= 11 is 5.91. The lowest BCUT2D eigenvalue weighted by Gasteiger charge is -2.13. The fraction of sp³-hybridized carbons (Fsp3) is 0.188. The van der Waals surface area contributed by atoms with Crippen molar-refractivity contribution in [1.29, 1.82) is 0 Å². The molecule has 0 aromatic heterocycles. The molecule has 20 heavy (non-hydrogen) atoms. The number of phenols is 1. The Hall–Kier alpha value is -2.00. The molecule has 2 N–H and O–H groups in total. The van der Waals surface area contributed by atoms with Crippen LogP contribution >= 0.6 is 11.6 Å². The van der Waals surface area contributed by atoms with Crippen LogP contribution in [-0.4, -0.2) is 16.2 Å². The van der Waals surface area contributed by atoms with Gasteiger partial charge in [-0.3, -0.25) is 4.79 Å². The van der Waals surface area contributed by atoms with Gasteiger partial charge >= 0.3 is 5.97 Å². The Morgan fingerprint density at radius 1 is 1.05 bits per heavy atom. The lowest BCUT2D eigenvalue weighted by atomic mass is 9.92. The van der Waals surface area contributed by atoms with E-state index < -0.39 is 11.9 Å². The molecule has 1 atom stereocenters. The topological polar surface area (TPSA) is 57.5 Å². The van der Waals surface area contributed by atoms with Gasteiger partial charge < -0.3 is 10.2 Å². The number of rotatable bonds is 5. The van der Waals surface area contributed by atoms with E-state index in [9.17, 15) is 15.0 Å². The van der Waals surface area contributed by atoms with E-state index in [-0.39, 0.29) is 5.75 Å². The number of aliphatic carboxylic acids is 1. The standard InChI is InChI=1S/C16H15ClO3/c17-14-5-1-3-11(9-14)7-13(16(19)20)8-12-4-2-6-15(18)10-12/h1-6,9-10,13,18H,7-8H2,(H,19,20). The van der Waals surface area contributed by atoms with Crippen LogP contribution < -0.4 is 0 Å². The monoisotopic (exact) mass is 290 g/mol. The first-order valence-corrected chi connectivity index (χ1v) is 6.67. The maximum Gasteiger partial charge on any atom is 0.307 e. The number of carbonyl (C=O) groups is 1. The van der Waals surface area contributed by atoms with Crippen LogP contribution in [0, 0.1) is 5.92 Å². The van der Waals surface area contributed by atoms with Crippen molar-refractivity contribution in [3.05, 3.63) is 64.7 Å². The summed E-state index contributed by atoms with van der Waals surface area (Å²) in [4.78, 5) is 11.4. The van der Waals surface area contributed by atoms with Gasteiger partial charge in [-0.2, -0.15) is 0 Å². The lowest BCUT2D eigenvalue weighted by molar-refractivity contribution is -0.141. The van der Waals surface area contributed by atoms with Gasteiger partial charge in [0.15, 0.2) is 0 Å². The summed E-state index contributed by atoms with van der Waals surface area (Å²) in [7, 11) is 0. The minimum Gasteiger partial charge on any atom is -0.508 e. The molecule has 0 spiro atoms. The third-order valence-corrected chi connectivity index (χ3v) is 3.35. The highest BCUT2D eigenvalue weighted by Gasteiger charge is 2.19. The molecule has 2 rings (SSSR count). The van der Waals surface area contributed by atoms with Crippen LogP contribution in [0.1, 0.15) is 11.1 Å². The minimum atomic E-state index is -0.853. The van der Waals surface area contributed by atoms with Crippen molar-refractivity contribution in [2.24, 2.45) is 5.92 Å². The Balaban J connectivity index is 2.13. The number of carboxylic acid groups (broad SMARTS) is 1. The average Bonchev–Trinajstić information content (AvgIpc) is 2.38. The van der Waals surface area contributed by atoms with Crippen LogP contribution in [0.3, 0.4) is 0 Å². The Morgan fingerprint density at radius 3 is 2.20 bits per heavy atom. The van der Waals surface area contributed by atoms with E-state index in [1.165, 1.54) is 0 Å². The van der Waals surface area contributed by atoms with Crippen molar-refractivity contribution >= 4 is 17.6 Å². The molecule has 3 nitrogen and oxygen atoms in total. The predicted octanol–water partition coefficient (Wildman–Crippen LogP) is 3.53. The number of carboxylic acids is 1. The second kappa shape index (κ2) is 6.44. The van der Waals surface area contributed by atoms with E-state index in [2.05, 4.69) is 0 Å². The number of hydrogen-bond donors (Lipinski definition) is 2. The van der Waals surface area contributed by atoms with Gasteiger partial charge in [-0.25, -0.2) is 0 Å². The van der Waals surface area contributed by atoms with E-state index in [0.29, 0.717) is 17.9 Å². The molecule has 0 fully saturated rings. The minimum absolute atomic E-state index is 0.148. The quantitative estimate of drug-likeness (QED) is 0.885. The summed E-state index contributed by atoms with van der Waals surface area (Å²) in [5.74, 6) is -1.25. The first kappa shape index (κ1) is 14.4. The van der Waals surface area contributed by atoms with E-state index in [4.69, 9.17) is 11.6 Å². The first-order chi connectivity index (χ1) is 9.54. The zero-order valence-electron chi connectivity index (χ0n) is 10.8. The lowest BCUT2D eigenvalue weighted by Crippen LogP contribution is -2.19. The highest BCUT2D eigenvalue weighted by molar-refractivity contribution is 6.30. The SMILES string of the molecule is O=C(O)C(Cc1cccc(O)c1)Cc1cccc(Cl)c1. The Bertz CT molecular complexity index is 563. The van der Waals surface area contributed by atoms with Crippen molar-refractivity contribution in [1.82, 2.24) is 0 Å². The van der Waals surface area contributed by atoms with Gasteiger partial charge in [-0.05, 0) is 48.2 Å². The zero-order chi connectivity index (χ0) is 14.5. The average molecular weight is 291 g/mol.